The van der Waals surface area contributed by atoms with Crippen molar-refractivity contribution in [1.82, 2.24) is 0 Å². The average Bonchev–Trinajstić information content (AvgIpc) is 0.811. The minimum atomic E-state index is -1.83. The van der Waals surface area contributed by atoms with Gasteiger partial charge in [-0.15, -0.1) is 0 Å². The van der Waals surface area contributed by atoms with Gasteiger partial charge in [0.2, 0.25) is 0 Å². The average molecular weight is 129 g/mol. The van der Waals surface area contributed by atoms with Crippen LogP contribution in [0.5, 0.6) is 0 Å². The van der Waals surface area contributed by atoms with Crippen LogP contribution in [0, 0.1) is 0 Å². The van der Waals surface area contributed by atoms with Crippen LogP contribution in [-0.2, 0) is 16.8 Å². The van der Waals surface area contributed by atoms with E-state index in [1.807, 2.05) is 0 Å². The third-order valence-corrected chi connectivity index (χ3v) is 0. The Kier molecular flexibility index (Phi) is 24.3. The van der Waals surface area contributed by atoms with Gasteiger partial charge < -0.3 is 10.2 Å². The van der Waals surface area contributed by atoms with Crippen LogP contribution in [0.25, 0.3) is 0 Å². The molecule has 0 bridgehead atoms. The molecule has 0 aliphatic rings. The van der Waals surface area contributed by atoms with Gasteiger partial charge >= 0.3 is 25.0 Å². The zero-order valence-corrected chi connectivity index (χ0v) is 3.18. The Morgan fingerprint density at radius 3 is 1.33 bits per heavy atom. The van der Waals surface area contributed by atoms with Gasteiger partial charge in [0.05, 0.1) is 0 Å². The maximum absolute atomic E-state index is 8.56. The Hall–Kier alpha value is 0.374. The molecule has 5 heteroatoms. The van der Waals surface area contributed by atoms with Gasteiger partial charge in [-0.05, 0) is 0 Å². The summed E-state index contributed by atoms with van der Waals surface area (Å²) in [5, 5.41) is 13.9. The van der Waals surface area contributed by atoms with Crippen molar-refractivity contribution < 1.29 is 31.8 Å². The number of hydrogen-bond donors (Lipinski definition) is 2. The van der Waals surface area contributed by atoms with Crippen LogP contribution < -0.4 is 0 Å². The molecule has 0 aromatic heterocycles. The number of hydrogen-bond acceptors (Lipinski definition) is 1. The standard InChI is InChI=1S/CH2O3.Co.Li.H/c2-1(3)4;;;/h(H2,2,3,4);;;. The molecule has 0 atom stereocenters. The second-order valence-electron chi connectivity index (χ2n) is 0.283. The summed E-state index contributed by atoms with van der Waals surface area (Å²) in [6.45, 7) is 0. The quantitative estimate of drug-likeness (QED) is 0.436. The molecule has 0 aromatic carbocycles. The summed E-state index contributed by atoms with van der Waals surface area (Å²) in [5.74, 6) is 0. The Bertz CT molecular complexity index is 33.8. The fourth-order valence-corrected chi connectivity index (χ4v) is 0. The van der Waals surface area contributed by atoms with E-state index in [0.29, 0.717) is 0 Å². The molecule has 0 amide bonds. The van der Waals surface area contributed by atoms with Crippen LogP contribution in [0.3, 0.4) is 0 Å². The van der Waals surface area contributed by atoms with E-state index in [9.17, 15) is 0 Å². The number of carbonyl (C=O) groups is 1. The van der Waals surface area contributed by atoms with Crippen molar-refractivity contribution in [3.8, 4) is 0 Å². The third-order valence-electron chi connectivity index (χ3n) is 0. The van der Waals surface area contributed by atoms with Gasteiger partial charge in [-0.2, -0.15) is 0 Å². The summed E-state index contributed by atoms with van der Waals surface area (Å²) in [7, 11) is 0. The van der Waals surface area contributed by atoms with Gasteiger partial charge in [0, 0.05) is 16.8 Å². The van der Waals surface area contributed by atoms with E-state index in [1.54, 1.807) is 0 Å². The second-order valence-corrected chi connectivity index (χ2v) is 0.283. The van der Waals surface area contributed by atoms with Crippen molar-refractivity contribution in [2.75, 3.05) is 0 Å². The molecule has 0 aliphatic carbocycles. The SMILES string of the molecule is O=C(O)O.[Co].[LiH]. The summed E-state index contributed by atoms with van der Waals surface area (Å²) >= 11 is 0. The summed E-state index contributed by atoms with van der Waals surface area (Å²) in [6.07, 6.45) is -1.83. The predicted molar refractivity (Wildman–Crippen MR) is 17.8 cm³/mol. The molecule has 0 aliphatic heterocycles. The molecule has 0 rings (SSSR count). The predicted octanol–water partition coefficient (Wildman–Crippen LogP) is -0.429. The molecule has 0 unspecified atom stereocenters. The molecule has 0 saturated heterocycles. The first-order valence-electron chi connectivity index (χ1n) is 0.651. The van der Waals surface area contributed by atoms with Crippen molar-refractivity contribution in [3.63, 3.8) is 0 Å². The summed E-state index contributed by atoms with van der Waals surface area (Å²) in [5.41, 5.74) is 0. The van der Waals surface area contributed by atoms with Crippen LogP contribution in [0.15, 0.2) is 0 Å². The summed E-state index contributed by atoms with van der Waals surface area (Å²) in [6, 6.07) is 0. The summed E-state index contributed by atoms with van der Waals surface area (Å²) < 4.78 is 0. The molecule has 35 valence electrons. The topological polar surface area (TPSA) is 57.5 Å². The number of rotatable bonds is 0. The van der Waals surface area contributed by atoms with Crippen LogP contribution >= 0.6 is 0 Å². The molecule has 0 spiro atoms. The first-order valence-corrected chi connectivity index (χ1v) is 0.651. The van der Waals surface area contributed by atoms with Crippen molar-refractivity contribution in [1.29, 1.82) is 0 Å². The first kappa shape index (κ1) is 16.2. The summed E-state index contributed by atoms with van der Waals surface area (Å²) in [4.78, 5) is 8.56. The monoisotopic (exact) mass is 129 g/mol. The van der Waals surface area contributed by atoms with Crippen molar-refractivity contribution in [3.05, 3.63) is 0 Å². The third kappa shape index (κ3) is 356. The number of carboxylic acid groups (broad SMARTS) is 2. The molecule has 6 heavy (non-hydrogen) atoms. The van der Waals surface area contributed by atoms with Gasteiger partial charge in [-0.25, -0.2) is 4.79 Å². The van der Waals surface area contributed by atoms with Gasteiger partial charge in [0.25, 0.3) is 0 Å². The van der Waals surface area contributed by atoms with E-state index in [2.05, 4.69) is 0 Å². The Labute approximate surface area is 57.1 Å². The van der Waals surface area contributed by atoms with Crippen LogP contribution in [-0.4, -0.2) is 35.2 Å². The van der Waals surface area contributed by atoms with Crippen LogP contribution in [0.4, 0.5) is 4.79 Å². The Morgan fingerprint density at radius 2 is 1.33 bits per heavy atom. The van der Waals surface area contributed by atoms with Crippen molar-refractivity contribution in [2.45, 2.75) is 0 Å². The maximum atomic E-state index is 8.56. The fourth-order valence-electron chi connectivity index (χ4n) is 0. The van der Waals surface area contributed by atoms with Crippen LogP contribution in [0.1, 0.15) is 0 Å². The van der Waals surface area contributed by atoms with E-state index >= 15 is 0 Å². The van der Waals surface area contributed by atoms with E-state index in [1.165, 1.54) is 0 Å². The molecule has 0 saturated carbocycles. The normalized spacial score (nSPS) is 4.00. The molecular weight excluding hydrogens is 126 g/mol. The molecular formula is CH3CoLiO3. The molecule has 1 radical (unpaired) electrons. The molecule has 2 N–H and O–H groups in total. The fraction of sp³-hybridized carbons (Fsp3) is 0. The Morgan fingerprint density at radius 1 is 1.33 bits per heavy atom. The molecule has 0 heterocycles. The molecule has 0 fully saturated rings. The van der Waals surface area contributed by atoms with E-state index in [0.717, 1.165) is 0 Å². The Balaban J connectivity index is -0.0000000450. The van der Waals surface area contributed by atoms with E-state index < -0.39 is 6.16 Å². The van der Waals surface area contributed by atoms with Gasteiger partial charge in [0.15, 0.2) is 0 Å². The zero-order chi connectivity index (χ0) is 3.58. The molecule has 0 aromatic rings. The second kappa shape index (κ2) is 9.03. The van der Waals surface area contributed by atoms with Gasteiger partial charge in [-0.3, -0.25) is 0 Å². The van der Waals surface area contributed by atoms with Crippen molar-refractivity contribution in [2.24, 2.45) is 0 Å². The zero-order valence-electron chi connectivity index (χ0n) is 2.14. The van der Waals surface area contributed by atoms with E-state index in [-0.39, 0.29) is 35.6 Å². The van der Waals surface area contributed by atoms with Gasteiger partial charge in [0.1, 0.15) is 0 Å². The van der Waals surface area contributed by atoms with E-state index in [4.69, 9.17) is 15.0 Å². The molecule has 3 nitrogen and oxygen atoms in total. The minimum absolute atomic E-state index is 0. The first-order chi connectivity index (χ1) is 1.73. The van der Waals surface area contributed by atoms with Gasteiger partial charge in [-0.1, -0.05) is 0 Å². The van der Waals surface area contributed by atoms with Crippen molar-refractivity contribution >= 4 is 25.0 Å². The van der Waals surface area contributed by atoms with Crippen LogP contribution in [0.2, 0.25) is 0 Å².